The van der Waals surface area contributed by atoms with E-state index in [0.717, 1.165) is 24.2 Å². The van der Waals surface area contributed by atoms with Crippen LogP contribution >= 0.6 is 10.5 Å². The number of terminal acetylenes is 1. The lowest BCUT2D eigenvalue weighted by Gasteiger charge is -2.32. The standard InChI is InChI=1S/C26H25O2S/c1-4-26(3,21-12-6-5-7-13-21)28-25(27)20-11-10-14-22(17-20)29-18-19(2)23-15-8-9-16-24(23)29/h1,6,8-12,14-18,21H,5,7,13H2,2-3H3/q+1. The van der Waals surface area contributed by atoms with Gasteiger partial charge in [0.05, 0.1) is 5.56 Å². The van der Waals surface area contributed by atoms with Gasteiger partial charge in [-0.1, -0.05) is 36.3 Å². The smallest absolute Gasteiger partial charge is 0.339 e. The molecule has 1 aliphatic carbocycles. The van der Waals surface area contributed by atoms with Crippen molar-refractivity contribution in [2.24, 2.45) is 5.92 Å². The summed E-state index contributed by atoms with van der Waals surface area (Å²) in [6.07, 6.45) is 13.1. The highest BCUT2D eigenvalue weighted by Gasteiger charge is 2.35. The van der Waals surface area contributed by atoms with Crippen LogP contribution in [-0.4, -0.2) is 11.6 Å². The molecule has 2 nitrogen and oxygen atoms in total. The van der Waals surface area contributed by atoms with Crippen LogP contribution in [-0.2, 0) is 4.74 Å². The van der Waals surface area contributed by atoms with Crippen LogP contribution in [0.5, 0.6) is 0 Å². The summed E-state index contributed by atoms with van der Waals surface area (Å²) in [7, 11) is -0.173. The number of ether oxygens (including phenoxy) is 1. The predicted octanol–water partition coefficient (Wildman–Crippen LogP) is 6.79. The van der Waals surface area contributed by atoms with Crippen LogP contribution in [0.4, 0.5) is 0 Å². The van der Waals surface area contributed by atoms with Crippen LogP contribution < -0.4 is 0 Å². The third-order valence-corrected chi connectivity index (χ3v) is 7.90. The molecule has 1 aliphatic rings. The van der Waals surface area contributed by atoms with E-state index in [2.05, 4.69) is 60.7 Å². The average molecular weight is 402 g/mol. The first-order valence-corrected chi connectivity index (χ1v) is 11.3. The Balaban J connectivity index is 1.65. The normalized spacial score (nSPS) is 18.8. The van der Waals surface area contributed by atoms with E-state index in [0.29, 0.717) is 5.56 Å². The Morgan fingerprint density at radius 2 is 2.07 bits per heavy atom. The van der Waals surface area contributed by atoms with Gasteiger partial charge in [0, 0.05) is 33.4 Å². The van der Waals surface area contributed by atoms with E-state index in [4.69, 9.17) is 11.2 Å². The molecule has 0 fully saturated rings. The van der Waals surface area contributed by atoms with Crippen molar-refractivity contribution in [2.75, 3.05) is 0 Å². The Labute approximate surface area is 175 Å². The van der Waals surface area contributed by atoms with Crippen molar-refractivity contribution < 1.29 is 9.53 Å². The van der Waals surface area contributed by atoms with Crippen molar-refractivity contribution in [3.05, 3.63) is 77.2 Å². The van der Waals surface area contributed by atoms with Crippen molar-refractivity contribution in [3.63, 3.8) is 0 Å². The van der Waals surface area contributed by atoms with Gasteiger partial charge in [-0.05, 0) is 57.4 Å². The van der Waals surface area contributed by atoms with E-state index < -0.39 is 5.60 Å². The fourth-order valence-electron chi connectivity index (χ4n) is 3.98. The van der Waals surface area contributed by atoms with Crippen LogP contribution in [0, 0.1) is 25.2 Å². The second-order valence-corrected chi connectivity index (χ2v) is 9.59. The summed E-state index contributed by atoms with van der Waals surface area (Å²) >= 11 is 0. The minimum absolute atomic E-state index is 0.0579. The fourth-order valence-corrected chi connectivity index (χ4v) is 6.15. The Kier molecular flexibility index (Phi) is 5.30. The van der Waals surface area contributed by atoms with Crippen molar-refractivity contribution >= 4 is 26.5 Å². The van der Waals surface area contributed by atoms with E-state index in [1.165, 1.54) is 15.6 Å². The van der Waals surface area contributed by atoms with Gasteiger partial charge in [0.2, 0.25) is 0 Å². The SMILES string of the molecule is C#CC(C)(OC(=O)c1cccc(-[s+]2cc(C)c3ccccc32)c1)C1C=CCCC1. The molecule has 0 spiro atoms. The predicted molar refractivity (Wildman–Crippen MR) is 122 cm³/mol. The Bertz CT molecular complexity index is 1130. The molecule has 0 saturated carbocycles. The summed E-state index contributed by atoms with van der Waals surface area (Å²) in [6, 6.07) is 16.2. The van der Waals surface area contributed by atoms with Crippen LogP contribution in [0.1, 0.15) is 42.1 Å². The quantitative estimate of drug-likeness (QED) is 0.208. The number of aryl methyl sites for hydroxylation is 1. The summed E-state index contributed by atoms with van der Waals surface area (Å²) in [5.41, 5.74) is 0.899. The van der Waals surface area contributed by atoms with Crippen LogP contribution in [0.15, 0.2) is 66.1 Å². The highest BCUT2D eigenvalue weighted by Crippen LogP contribution is 2.42. The van der Waals surface area contributed by atoms with Crippen molar-refractivity contribution in [3.8, 4) is 17.2 Å². The lowest BCUT2D eigenvalue weighted by Crippen LogP contribution is -2.38. The molecule has 29 heavy (non-hydrogen) atoms. The minimum atomic E-state index is -0.928. The number of rotatable bonds is 4. The summed E-state index contributed by atoms with van der Waals surface area (Å²) in [5.74, 6) is 2.43. The molecule has 1 heterocycles. The third-order valence-electron chi connectivity index (χ3n) is 5.72. The maximum atomic E-state index is 13.0. The topological polar surface area (TPSA) is 26.3 Å². The number of carbonyl (C=O) groups is 1. The molecule has 2 aromatic carbocycles. The zero-order chi connectivity index (χ0) is 20.4. The van der Waals surface area contributed by atoms with Gasteiger partial charge in [-0.15, -0.1) is 6.42 Å². The maximum absolute atomic E-state index is 13.0. The highest BCUT2D eigenvalue weighted by atomic mass is 32.2. The number of hydrogen-bond acceptors (Lipinski definition) is 2. The van der Waals surface area contributed by atoms with Gasteiger partial charge in [0.15, 0.2) is 15.2 Å². The van der Waals surface area contributed by atoms with Crippen molar-refractivity contribution in [1.82, 2.24) is 0 Å². The third kappa shape index (κ3) is 3.73. The second-order valence-electron chi connectivity index (χ2n) is 7.77. The zero-order valence-corrected chi connectivity index (χ0v) is 17.7. The number of fused-ring (bicyclic) bond motifs is 1. The molecule has 3 heteroatoms. The van der Waals surface area contributed by atoms with Gasteiger partial charge in [0.25, 0.3) is 0 Å². The molecule has 146 valence electrons. The molecule has 0 aliphatic heterocycles. The number of benzene rings is 2. The van der Waals surface area contributed by atoms with Gasteiger partial charge in [-0.3, -0.25) is 0 Å². The van der Waals surface area contributed by atoms with E-state index in [1.54, 1.807) is 6.07 Å². The van der Waals surface area contributed by atoms with Gasteiger partial charge in [-0.25, -0.2) is 4.79 Å². The molecule has 3 atom stereocenters. The highest BCUT2D eigenvalue weighted by molar-refractivity contribution is 7.43. The van der Waals surface area contributed by atoms with E-state index in [-0.39, 0.29) is 22.4 Å². The van der Waals surface area contributed by atoms with Crippen LogP contribution in [0.3, 0.4) is 0 Å². The lowest BCUT2D eigenvalue weighted by molar-refractivity contribution is -0.00291. The molecular formula is C26H25O2S+. The first-order valence-electron chi connectivity index (χ1n) is 10.0. The van der Waals surface area contributed by atoms with Crippen molar-refractivity contribution in [1.29, 1.82) is 0 Å². The monoisotopic (exact) mass is 401 g/mol. The lowest BCUT2D eigenvalue weighted by atomic mass is 9.82. The van der Waals surface area contributed by atoms with Crippen LogP contribution in [0.2, 0.25) is 0 Å². The second kappa shape index (κ2) is 7.89. The number of esters is 1. The first kappa shape index (κ1) is 19.5. The molecule has 3 unspecified atom stereocenters. The van der Waals surface area contributed by atoms with Crippen molar-refractivity contribution in [2.45, 2.75) is 38.7 Å². The van der Waals surface area contributed by atoms with E-state index >= 15 is 0 Å². The van der Waals surface area contributed by atoms with E-state index in [1.807, 2.05) is 19.1 Å². The molecule has 0 radical (unpaired) electrons. The molecule has 0 saturated heterocycles. The summed E-state index contributed by atoms with van der Waals surface area (Å²) < 4.78 is 7.18. The molecule has 3 aromatic rings. The van der Waals surface area contributed by atoms with Crippen LogP contribution in [0.25, 0.3) is 15.0 Å². The molecule has 0 N–H and O–H groups in total. The number of allylic oxidation sites excluding steroid dienone is 1. The largest absolute Gasteiger partial charge is 0.442 e. The molecule has 1 aromatic heterocycles. The average Bonchev–Trinajstić information content (AvgIpc) is 3.11. The number of thiophene rings is 1. The Morgan fingerprint density at radius 3 is 2.83 bits per heavy atom. The van der Waals surface area contributed by atoms with Gasteiger partial charge in [-0.2, -0.15) is 0 Å². The number of carbonyl (C=O) groups excluding carboxylic acids is 1. The summed E-state index contributed by atoms with van der Waals surface area (Å²) in [4.78, 5) is 14.1. The molecule has 4 rings (SSSR count). The summed E-state index contributed by atoms with van der Waals surface area (Å²) in [5, 5.41) is 3.57. The maximum Gasteiger partial charge on any atom is 0.339 e. The molecular weight excluding hydrogens is 376 g/mol. The number of hydrogen-bond donors (Lipinski definition) is 0. The van der Waals surface area contributed by atoms with Gasteiger partial charge in [0.1, 0.15) is 5.38 Å². The first-order chi connectivity index (χ1) is 14.0. The molecule has 0 amide bonds. The van der Waals surface area contributed by atoms with Gasteiger partial charge < -0.3 is 4.74 Å². The van der Waals surface area contributed by atoms with E-state index in [9.17, 15) is 4.79 Å². The molecule has 0 bridgehead atoms. The fraction of sp³-hybridized carbons (Fsp3) is 0.269. The Morgan fingerprint density at radius 1 is 1.24 bits per heavy atom. The Hall–Kier alpha value is -2.83. The summed E-state index contributed by atoms with van der Waals surface area (Å²) in [6.45, 7) is 3.98. The zero-order valence-electron chi connectivity index (χ0n) is 16.9. The van der Waals surface area contributed by atoms with Gasteiger partial charge >= 0.3 is 5.97 Å². The minimum Gasteiger partial charge on any atom is -0.442 e.